The lowest BCUT2D eigenvalue weighted by atomic mass is 10.0. The number of carbonyl (C=O) groups excluding carboxylic acids is 1. The summed E-state index contributed by atoms with van der Waals surface area (Å²) in [4.78, 5) is 29.4. The minimum atomic E-state index is 0.0593. The molecule has 0 aliphatic carbocycles. The van der Waals surface area contributed by atoms with E-state index in [1.165, 1.54) is 11.4 Å². The van der Waals surface area contributed by atoms with Gasteiger partial charge in [-0.25, -0.2) is 0 Å². The Kier molecular flexibility index (Phi) is 6.11. The van der Waals surface area contributed by atoms with Crippen molar-refractivity contribution >= 4 is 22.6 Å². The number of piperazine rings is 1. The molecule has 1 fully saturated rings. The van der Waals surface area contributed by atoms with E-state index in [0.717, 1.165) is 67.8 Å². The molecule has 0 bridgehead atoms. The number of anilines is 1. The van der Waals surface area contributed by atoms with Crippen LogP contribution in [-0.2, 0) is 26.1 Å². The number of fused-ring (bicyclic) bond motifs is 2. The van der Waals surface area contributed by atoms with Gasteiger partial charge >= 0.3 is 0 Å². The van der Waals surface area contributed by atoms with Crippen molar-refractivity contribution < 1.29 is 4.79 Å². The van der Waals surface area contributed by atoms with E-state index in [-0.39, 0.29) is 5.91 Å². The number of hydrogen-bond donors (Lipinski definition) is 0. The zero-order chi connectivity index (χ0) is 24.5. The van der Waals surface area contributed by atoms with Gasteiger partial charge in [0.15, 0.2) is 5.69 Å². The highest BCUT2D eigenvalue weighted by Crippen LogP contribution is 2.27. The molecule has 1 saturated heterocycles. The van der Waals surface area contributed by atoms with Gasteiger partial charge < -0.3 is 9.80 Å². The summed E-state index contributed by atoms with van der Waals surface area (Å²) in [6.45, 7) is 8.38. The second-order valence-corrected chi connectivity index (χ2v) is 9.51. The van der Waals surface area contributed by atoms with Crippen LogP contribution in [-0.4, -0.2) is 68.2 Å². The molecule has 0 atom stereocenters. The highest BCUT2D eigenvalue weighted by atomic mass is 16.2. The van der Waals surface area contributed by atoms with Crippen LogP contribution in [0.4, 0.5) is 5.69 Å². The molecule has 0 radical (unpaired) electrons. The summed E-state index contributed by atoms with van der Waals surface area (Å²) in [6, 6.07) is 16.6. The first-order valence-electron chi connectivity index (χ1n) is 12.8. The van der Waals surface area contributed by atoms with Crippen LogP contribution in [0.15, 0.2) is 60.9 Å². The Morgan fingerprint density at radius 2 is 1.72 bits per heavy atom. The van der Waals surface area contributed by atoms with Gasteiger partial charge in [-0.3, -0.25) is 24.3 Å². The molecule has 0 spiro atoms. The monoisotopic (exact) mass is 481 g/mol. The first-order chi connectivity index (χ1) is 17.7. The molecule has 4 aromatic rings. The number of nitrogens with zero attached hydrogens (tertiary/aromatic N) is 7. The van der Waals surface area contributed by atoms with E-state index in [1.807, 2.05) is 27.8 Å². The largest absolute Gasteiger partial charge is 0.368 e. The smallest absolute Gasteiger partial charge is 0.274 e. The maximum absolute atomic E-state index is 13.7. The molecule has 2 aromatic carbocycles. The van der Waals surface area contributed by atoms with Gasteiger partial charge in [0.1, 0.15) is 0 Å². The maximum Gasteiger partial charge on any atom is 0.274 e. The molecule has 184 valence electrons. The van der Waals surface area contributed by atoms with E-state index in [2.05, 4.69) is 57.0 Å². The van der Waals surface area contributed by atoms with Crippen LogP contribution in [0.1, 0.15) is 34.2 Å². The fraction of sp³-hybridized carbons (Fsp3) is 0.357. The van der Waals surface area contributed by atoms with Gasteiger partial charge in [0.2, 0.25) is 0 Å². The number of aromatic nitrogens is 4. The van der Waals surface area contributed by atoms with Crippen molar-refractivity contribution in [2.45, 2.75) is 33.0 Å². The molecule has 2 aromatic heterocycles. The zero-order valence-electron chi connectivity index (χ0n) is 20.7. The van der Waals surface area contributed by atoms with Crippen LogP contribution in [0.2, 0.25) is 0 Å². The van der Waals surface area contributed by atoms with Crippen molar-refractivity contribution in [1.29, 1.82) is 0 Å². The quantitative estimate of drug-likeness (QED) is 0.435. The molecule has 36 heavy (non-hydrogen) atoms. The van der Waals surface area contributed by atoms with Gasteiger partial charge in [-0.2, -0.15) is 5.10 Å². The maximum atomic E-state index is 13.7. The predicted octanol–water partition coefficient (Wildman–Crippen LogP) is 3.37. The second-order valence-electron chi connectivity index (χ2n) is 9.51. The van der Waals surface area contributed by atoms with Crippen LogP contribution < -0.4 is 4.90 Å². The van der Waals surface area contributed by atoms with E-state index in [4.69, 9.17) is 5.10 Å². The Bertz CT molecular complexity index is 1370. The standard InChI is InChI=1S/C28H31N7O/c1-2-35-25-11-14-32(19-21-7-6-10-24-26(21)30-13-12-29-24)20-23(25)27(31-35)28(36)34-17-15-33(16-18-34)22-8-4-3-5-9-22/h3-10,12-13H,2,11,14-20H2,1H3. The molecule has 2 aliphatic heterocycles. The molecular formula is C28H31N7O. The van der Waals surface area contributed by atoms with Gasteiger partial charge in [0.05, 0.1) is 11.0 Å². The third-order valence-corrected chi connectivity index (χ3v) is 7.38. The van der Waals surface area contributed by atoms with E-state index in [0.29, 0.717) is 18.8 Å². The van der Waals surface area contributed by atoms with E-state index in [9.17, 15) is 4.79 Å². The van der Waals surface area contributed by atoms with Crippen LogP contribution in [0.5, 0.6) is 0 Å². The Morgan fingerprint density at radius 1 is 0.917 bits per heavy atom. The van der Waals surface area contributed by atoms with Crippen molar-refractivity contribution in [3.05, 3.63) is 83.4 Å². The van der Waals surface area contributed by atoms with Crippen LogP contribution in [0, 0.1) is 0 Å². The minimum absolute atomic E-state index is 0.0593. The summed E-state index contributed by atoms with van der Waals surface area (Å²) >= 11 is 0. The van der Waals surface area contributed by atoms with Crippen LogP contribution in [0.25, 0.3) is 11.0 Å². The average Bonchev–Trinajstić information content (AvgIpc) is 3.31. The second kappa shape index (κ2) is 9.70. The summed E-state index contributed by atoms with van der Waals surface area (Å²) in [5, 5.41) is 4.82. The molecule has 4 heterocycles. The Morgan fingerprint density at radius 3 is 2.53 bits per heavy atom. The molecular weight excluding hydrogens is 450 g/mol. The van der Waals surface area contributed by atoms with Gasteiger partial charge in [0.25, 0.3) is 5.91 Å². The van der Waals surface area contributed by atoms with Crippen LogP contribution >= 0.6 is 0 Å². The molecule has 0 unspecified atom stereocenters. The van der Waals surface area contributed by atoms with Crippen LogP contribution in [0.3, 0.4) is 0 Å². The van der Waals surface area contributed by atoms with Crippen molar-refractivity contribution in [1.82, 2.24) is 29.5 Å². The Balaban J connectivity index is 1.20. The highest BCUT2D eigenvalue weighted by molar-refractivity contribution is 5.94. The van der Waals surface area contributed by atoms with Gasteiger partial charge in [-0.15, -0.1) is 0 Å². The van der Waals surface area contributed by atoms with Gasteiger partial charge in [-0.1, -0.05) is 30.3 Å². The summed E-state index contributed by atoms with van der Waals surface area (Å²) in [6.07, 6.45) is 4.37. The fourth-order valence-electron chi connectivity index (χ4n) is 5.49. The SMILES string of the molecule is CCn1nc(C(=O)N2CCN(c3ccccc3)CC2)c2c1CCN(Cc1cccc3nccnc13)C2. The van der Waals surface area contributed by atoms with E-state index < -0.39 is 0 Å². The van der Waals surface area contributed by atoms with Crippen molar-refractivity contribution in [2.75, 3.05) is 37.6 Å². The van der Waals surface area contributed by atoms with Gasteiger partial charge in [-0.05, 0) is 30.7 Å². The van der Waals surface area contributed by atoms with E-state index in [1.54, 1.807) is 12.4 Å². The minimum Gasteiger partial charge on any atom is -0.368 e. The average molecular weight is 482 g/mol. The first-order valence-corrected chi connectivity index (χ1v) is 12.8. The summed E-state index contributed by atoms with van der Waals surface area (Å²) in [7, 11) is 0. The third kappa shape index (κ3) is 4.22. The number of para-hydroxylation sites is 2. The van der Waals surface area contributed by atoms with Crippen molar-refractivity contribution in [2.24, 2.45) is 0 Å². The molecule has 6 rings (SSSR count). The van der Waals surface area contributed by atoms with Crippen molar-refractivity contribution in [3.63, 3.8) is 0 Å². The normalized spacial score (nSPS) is 16.4. The highest BCUT2D eigenvalue weighted by Gasteiger charge is 2.31. The van der Waals surface area contributed by atoms with Gasteiger partial charge in [0, 0.05) is 88.1 Å². The molecule has 0 N–H and O–H groups in total. The predicted molar refractivity (Wildman–Crippen MR) is 140 cm³/mol. The fourth-order valence-corrected chi connectivity index (χ4v) is 5.49. The molecule has 0 saturated carbocycles. The first kappa shape index (κ1) is 22.7. The van der Waals surface area contributed by atoms with E-state index >= 15 is 0 Å². The zero-order valence-corrected chi connectivity index (χ0v) is 20.7. The lowest BCUT2D eigenvalue weighted by molar-refractivity contribution is 0.0737. The molecule has 1 amide bonds. The summed E-state index contributed by atoms with van der Waals surface area (Å²) in [5.74, 6) is 0.0593. The number of benzene rings is 2. The third-order valence-electron chi connectivity index (χ3n) is 7.38. The molecule has 8 heteroatoms. The number of aryl methyl sites for hydroxylation is 1. The summed E-state index contributed by atoms with van der Waals surface area (Å²) in [5.41, 5.74) is 7.16. The lowest BCUT2D eigenvalue weighted by Crippen LogP contribution is -2.49. The number of rotatable bonds is 5. The molecule has 8 nitrogen and oxygen atoms in total. The number of amides is 1. The summed E-state index contributed by atoms with van der Waals surface area (Å²) < 4.78 is 2.03. The number of hydrogen-bond acceptors (Lipinski definition) is 6. The topological polar surface area (TPSA) is 70.4 Å². The van der Waals surface area contributed by atoms with Crippen molar-refractivity contribution in [3.8, 4) is 0 Å². The lowest BCUT2D eigenvalue weighted by Gasteiger charge is -2.36. The Labute approximate surface area is 211 Å². The Hall–Kier alpha value is -3.78. The molecule has 2 aliphatic rings. The number of carbonyl (C=O) groups is 1.